The van der Waals surface area contributed by atoms with Gasteiger partial charge in [-0.2, -0.15) is 0 Å². The first-order chi connectivity index (χ1) is 9.00. The molecule has 0 aliphatic rings. The molecular weight excluding hydrogens is 303 g/mol. The Morgan fingerprint density at radius 1 is 0.947 bits per heavy atom. The quantitative estimate of drug-likeness (QED) is 0.638. The van der Waals surface area contributed by atoms with Gasteiger partial charge in [-0.1, -0.05) is 65.3 Å². The zero-order valence-corrected chi connectivity index (χ0v) is 13.0. The molecule has 0 saturated heterocycles. The lowest BCUT2D eigenvalue weighted by Gasteiger charge is -2.20. The lowest BCUT2D eigenvalue weighted by molar-refractivity contribution is 0.607. The molecule has 100 valence electrons. The van der Waals surface area contributed by atoms with Crippen LogP contribution < -0.4 is 0 Å². The molecule has 0 amide bonds. The van der Waals surface area contributed by atoms with Crippen LogP contribution in [0.25, 0.3) is 0 Å². The molecule has 2 aromatic carbocycles. The van der Waals surface area contributed by atoms with Crippen LogP contribution >= 0.6 is 15.9 Å². The number of halogens is 2. The van der Waals surface area contributed by atoms with E-state index in [1.54, 1.807) is 0 Å². The molecule has 0 heterocycles. The van der Waals surface area contributed by atoms with E-state index in [1.165, 1.54) is 5.56 Å². The van der Waals surface area contributed by atoms with E-state index in [0.717, 1.165) is 5.56 Å². The summed E-state index contributed by atoms with van der Waals surface area (Å²) in [5, 5.41) is 0. The molecule has 0 aliphatic carbocycles. The van der Waals surface area contributed by atoms with Crippen molar-refractivity contribution >= 4 is 15.9 Å². The van der Waals surface area contributed by atoms with E-state index >= 15 is 0 Å². The summed E-state index contributed by atoms with van der Waals surface area (Å²) in [4.78, 5) is 0.188. The lowest BCUT2D eigenvalue weighted by Crippen LogP contribution is -2.04. The molecule has 0 aromatic heterocycles. The number of hydrogen-bond acceptors (Lipinski definition) is 0. The minimum atomic E-state index is -0.101. The van der Waals surface area contributed by atoms with Crippen molar-refractivity contribution in [3.63, 3.8) is 0 Å². The van der Waals surface area contributed by atoms with Gasteiger partial charge in [0.05, 0.1) is 0 Å². The minimum Gasteiger partial charge on any atom is -0.206 e. The standard InChI is InChI=1S/C17H18BrF/c1-11-9-15(10-12(2)17(11)19)16(18)13(3)14-7-5-4-6-8-14/h4-10,13,16H,1-3H3. The summed E-state index contributed by atoms with van der Waals surface area (Å²) in [6.07, 6.45) is 0. The molecule has 0 saturated carbocycles. The van der Waals surface area contributed by atoms with Gasteiger partial charge < -0.3 is 0 Å². The van der Waals surface area contributed by atoms with Crippen molar-refractivity contribution in [3.8, 4) is 0 Å². The number of alkyl halides is 1. The van der Waals surface area contributed by atoms with Crippen LogP contribution in [-0.4, -0.2) is 0 Å². The Hall–Kier alpha value is -1.15. The second kappa shape index (κ2) is 5.87. The molecule has 0 aliphatic heterocycles. The largest absolute Gasteiger partial charge is 0.206 e. The second-order valence-electron chi connectivity index (χ2n) is 5.07. The van der Waals surface area contributed by atoms with E-state index in [2.05, 4.69) is 35.0 Å². The molecule has 2 rings (SSSR count). The predicted molar refractivity (Wildman–Crippen MR) is 82.4 cm³/mol. The van der Waals surface area contributed by atoms with E-state index in [9.17, 15) is 4.39 Å². The third-order valence-corrected chi connectivity index (χ3v) is 4.86. The lowest BCUT2D eigenvalue weighted by atomic mass is 9.92. The summed E-state index contributed by atoms with van der Waals surface area (Å²) in [5.74, 6) is 0.237. The molecule has 0 fully saturated rings. The van der Waals surface area contributed by atoms with Crippen molar-refractivity contribution in [2.24, 2.45) is 0 Å². The van der Waals surface area contributed by atoms with Crippen molar-refractivity contribution < 1.29 is 4.39 Å². The van der Waals surface area contributed by atoms with E-state index < -0.39 is 0 Å². The molecule has 19 heavy (non-hydrogen) atoms. The van der Waals surface area contributed by atoms with Crippen LogP contribution in [0.4, 0.5) is 4.39 Å². The van der Waals surface area contributed by atoms with Gasteiger partial charge in [0.1, 0.15) is 5.82 Å². The van der Waals surface area contributed by atoms with Crippen molar-refractivity contribution in [3.05, 3.63) is 70.5 Å². The maximum atomic E-state index is 13.7. The Morgan fingerprint density at radius 3 is 2.00 bits per heavy atom. The van der Waals surface area contributed by atoms with Gasteiger partial charge >= 0.3 is 0 Å². The highest BCUT2D eigenvalue weighted by Crippen LogP contribution is 2.38. The first kappa shape index (κ1) is 14.3. The molecule has 2 unspecified atom stereocenters. The maximum Gasteiger partial charge on any atom is 0.129 e. The van der Waals surface area contributed by atoms with E-state index in [0.29, 0.717) is 17.0 Å². The fourth-order valence-corrected chi connectivity index (χ4v) is 2.92. The van der Waals surface area contributed by atoms with Gasteiger partial charge in [-0.05, 0) is 42.0 Å². The van der Waals surface area contributed by atoms with Crippen molar-refractivity contribution in [1.82, 2.24) is 0 Å². The Kier molecular flexibility index (Phi) is 4.41. The molecular formula is C17H18BrF. The molecule has 0 radical (unpaired) electrons. The summed E-state index contributed by atoms with van der Waals surface area (Å²) in [6, 6.07) is 14.2. The van der Waals surface area contributed by atoms with Gasteiger partial charge in [-0.25, -0.2) is 4.39 Å². The van der Waals surface area contributed by atoms with Crippen LogP contribution in [0.3, 0.4) is 0 Å². The normalized spacial score (nSPS) is 14.2. The Labute approximate surface area is 122 Å². The van der Waals surface area contributed by atoms with Gasteiger partial charge in [-0.15, -0.1) is 0 Å². The summed E-state index contributed by atoms with van der Waals surface area (Å²) in [6.45, 7) is 5.82. The zero-order valence-electron chi connectivity index (χ0n) is 11.5. The minimum absolute atomic E-state index is 0.101. The third-order valence-electron chi connectivity index (χ3n) is 3.54. The number of benzene rings is 2. The number of hydrogen-bond donors (Lipinski definition) is 0. The molecule has 2 aromatic rings. The van der Waals surface area contributed by atoms with Crippen LogP contribution in [0.1, 0.15) is 39.9 Å². The van der Waals surface area contributed by atoms with Crippen LogP contribution in [0.2, 0.25) is 0 Å². The van der Waals surface area contributed by atoms with Crippen LogP contribution in [0, 0.1) is 19.7 Å². The van der Waals surface area contributed by atoms with E-state index in [1.807, 2.05) is 44.2 Å². The summed E-state index contributed by atoms with van der Waals surface area (Å²) < 4.78 is 13.7. The van der Waals surface area contributed by atoms with E-state index in [4.69, 9.17) is 0 Å². The SMILES string of the molecule is Cc1cc(C(Br)C(C)c2ccccc2)cc(C)c1F. The third kappa shape index (κ3) is 3.06. The first-order valence-electron chi connectivity index (χ1n) is 6.46. The smallest absolute Gasteiger partial charge is 0.129 e. The molecule has 0 nitrogen and oxygen atoms in total. The summed E-state index contributed by atoms with van der Waals surface area (Å²) >= 11 is 3.76. The number of aryl methyl sites for hydroxylation is 2. The highest BCUT2D eigenvalue weighted by molar-refractivity contribution is 9.09. The number of rotatable bonds is 3. The van der Waals surface area contributed by atoms with Crippen LogP contribution in [0.15, 0.2) is 42.5 Å². The van der Waals surface area contributed by atoms with Gasteiger partial charge in [0.25, 0.3) is 0 Å². The fourth-order valence-electron chi connectivity index (χ4n) is 2.35. The average molecular weight is 321 g/mol. The molecule has 2 heteroatoms. The van der Waals surface area contributed by atoms with Crippen molar-refractivity contribution in [2.75, 3.05) is 0 Å². The Bertz CT molecular complexity index is 540. The van der Waals surface area contributed by atoms with Gasteiger partial charge in [-0.3, -0.25) is 0 Å². The van der Waals surface area contributed by atoms with Crippen molar-refractivity contribution in [1.29, 1.82) is 0 Å². The molecule has 0 N–H and O–H groups in total. The first-order valence-corrected chi connectivity index (χ1v) is 7.38. The summed E-state index contributed by atoms with van der Waals surface area (Å²) in [5.41, 5.74) is 3.83. The maximum absolute atomic E-state index is 13.7. The van der Waals surface area contributed by atoms with E-state index in [-0.39, 0.29) is 10.6 Å². The second-order valence-corrected chi connectivity index (χ2v) is 6.06. The van der Waals surface area contributed by atoms with Crippen LogP contribution in [0.5, 0.6) is 0 Å². The monoisotopic (exact) mass is 320 g/mol. The summed E-state index contributed by atoms with van der Waals surface area (Å²) in [7, 11) is 0. The fraction of sp³-hybridized carbons (Fsp3) is 0.294. The Morgan fingerprint density at radius 2 is 1.47 bits per heavy atom. The van der Waals surface area contributed by atoms with Gasteiger partial charge in [0, 0.05) is 4.83 Å². The molecule has 0 bridgehead atoms. The topological polar surface area (TPSA) is 0 Å². The van der Waals surface area contributed by atoms with Crippen LogP contribution in [-0.2, 0) is 0 Å². The zero-order chi connectivity index (χ0) is 14.0. The van der Waals surface area contributed by atoms with Gasteiger partial charge in [0.2, 0.25) is 0 Å². The van der Waals surface area contributed by atoms with Gasteiger partial charge in [0.15, 0.2) is 0 Å². The Balaban J connectivity index is 2.32. The van der Waals surface area contributed by atoms with Crippen molar-refractivity contribution in [2.45, 2.75) is 31.5 Å². The highest BCUT2D eigenvalue weighted by atomic mass is 79.9. The molecule has 0 spiro atoms. The molecule has 2 atom stereocenters. The predicted octanol–water partition coefficient (Wildman–Crippen LogP) is 5.68. The highest BCUT2D eigenvalue weighted by Gasteiger charge is 2.19. The average Bonchev–Trinajstić information content (AvgIpc) is 2.43.